The highest BCUT2D eigenvalue weighted by atomic mass is 31.2. The van der Waals surface area contributed by atoms with Gasteiger partial charge in [-0.25, -0.2) is 0 Å². The molecule has 1 aliphatic rings. The average molecular weight is 306 g/mol. The van der Waals surface area contributed by atoms with E-state index in [0.717, 1.165) is 32.8 Å². The summed E-state index contributed by atoms with van der Waals surface area (Å²) in [5.41, 5.74) is 2.06. The van der Waals surface area contributed by atoms with Gasteiger partial charge in [-0.15, -0.1) is 0 Å². The smallest absolute Gasteiger partial charge is 0.172 e. The Labute approximate surface area is 129 Å². The molecule has 1 heterocycles. The van der Waals surface area contributed by atoms with Crippen LogP contribution in [-0.4, -0.2) is 7.11 Å². The molecule has 1 atom stereocenters. The van der Waals surface area contributed by atoms with Gasteiger partial charge in [0.25, 0.3) is 0 Å². The second-order valence-electron chi connectivity index (χ2n) is 5.35. The van der Waals surface area contributed by atoms with E-state index in [-0.39, 0.29) is 0 Å². The van der Waals surface area contributed by atoms with E-state index in [4.69, 9.17) is 4.74 Å². The minimum Gasteiger partial charge on any atom is -0.497 e. The summed E-state index contributed by atoms with van der Waals surface area (Å²) in [6, 6.07) is 23.5. The maximum atomic E-state index is 14.0. The number of hydrogen-bond donors (Lipinski definition) is 0. The summed E-state index contributed by atoms with van der Waals surface area (Å²) in [6.07, 6.45) is 0. The first-order valence-corrected chi connectivity index (χ1v) is 8.90. The minimum atomic E-state index is -2.79. The van der Waals surface area contributed by atoms with Gasteiger partial charge in [-0.2, -0.15) is 0 Å². The third-order valence-corrected chi connectivity index (χ3v) is 7.36. The number of rotatable bonds is 2. The van der Waals surface area contributed by atoms with Crippen LogP contribution in [0.4, 0.5) is 0 Å². The SMILES string of the molecule is COc1ccc2c(c1)-c1ccccc1P2(=O)c1ccccc1. The highest BCUT2D eigenvalue weighted by molar-refractivity contribution is 7.86. The van der Waals surface area contributed by atoms with E-state index < -0.39 is 7.14 Å². The number of fused-ring (bicyclic) bond motifs is 3. The lowest BCUT2D eigenvalue weighted by molar-refractivity contribution is 0.415. The van der Waals surface area contributed by atoms with E-state index in [2.05, 4.69) is 0 Å². The largest absolute Gasteiger partial charge is 0.497 e. The molecule has 3 aromatic carbocycles. The van der Waals surface area contributed by atoms with E-state index in [1.807, 2.05) is 72.8 Å². The molecule has 0 aliphatic carbocycles. The van der Waals surface area contributed by atoms with Gasteiger partial charge in [0.15, 0.2) is 7.14 Å². The first kappa shape index (κ1) is 13.4. The van der Waals surface area contributed by atoms with Crippen LogP contribution in [0, 0.1) is 0 Å². The van der Waals surface area contributed by atoms with Gasteiger partial charge in [0.2, 0.25) is 0 Å². The third-order valence-electron chi connectivity index (χ3n) is 4.20. The van der Waals surface area contributed by atoms with E-state index in [1.54, 1.807) is 7.11 Å². The molecular weight excluding hydrogens is 291 g/mol. The molecule has 1 unspecified atom stereocenters. The molecule has 0 spiro atoms. The molecule has 0 bridgehead atoms. The molecule has 3 heteroatoms. The molecule has 0 aromatic heterocycles. The van der Waals surface area contributed by atoms with Crippen LogP contribution in [0.25, 0.3) is 11.1 Å². The molecule has 22 heavy (non-hydrogen) atoms. The van der Waals surface area contributed by atoms with Gasteiger partial charge in [0, 0.05) is 15.9 Å². The van der Waals surface area contributed by atoms with Crippen molar-refractivity contribution in [1.82, 2.24) is 0 Å². The van der Waals surface area contributed by atoms with E-state index in [0.29, 0.717) is 0 Å². The Morgan fingerprint density at radius 1 is 0.773 bits per heavy atom. The molecule has 0 saturated carbocycles. The zero-order valence-corrected chi connectivity index (χ0v) is 13.1. The second-order valence-corrected chi connectivity index (χ2v) is 8.04. The second kappa shape index (κ2) is 4.86. The zero-order valence-electron chi connectivity index (χ0n) is 12.2. The molecule has 0 radical (unpaired) electrons. The van der Waals surface area contributed by atoms with Crippen molar-refractivity contribution in [3.8, 4) is 16.9 Å². The molecule has 0 fully saturated rings. The predicted molar refractivity (Wildman–Crippen MR) is 91.4 cm³/mol. The zero-order chi connectivity index (χ0) is 15.2. The summed E-state index contributed by atoms with van der Waals surface area (Å²) >= 11 is 0. The van der Waals surface area contributed by atoms with Crippen molar-refractivity contribution in [2.45, 2.75) is 0 Å². The molecular formula is C19H15O2P. The van der Waals surface area contributed by atoms with Crippen LogP contribution in [-0.2, 0) is 4.57 Å². The highest BCUT2D eigenvalue weighted by Crippen LogP contribution is 2.52. The van der Waals surface area contributed by atoms with Gasteiger partial charge in [-0.3, -0.25) is 0 Å². The van der Waals surface area contributed by atoms with Crippen LogP contribution in [0.3, 0.4) is 0 Å². The molecule has 0 saturated heterocycles. The molecule has 1 aliphatic heterocycles. The molecule has 0 amide bonds. The summed E-state index contributed by atoms with van der Waals surface area (Å²) < 4.78 is 19.4. The fraction of sp³-hybridized carbons (Fsp3) is 0.0526. The van der Waals surface area contributed by atoms with Crippen LogP contribution in [0.5, 0.6) is 5.75 Å². The van der Waals surface area contributed by atoms with Crippen molar-refractivity contribution in [2.24, 2.45) is 0 Å². The maximum absolute atomic E-state index is 14.0. The van der Waals surface area contributed by atoms with Crippen LogP contribution in [0.15, 0.2) is 72.8 Å². The van der Waals surface area contributed by atoms with Crippen LogP contribution < -0.4 is 20.7 Å². The quantitative estimate of drug-likeness (QED) is 0.531. The normalized spacial score (nSPS) is 18.6. The van der Waals surface area contributed by atoms with Gasteiger partial charge >= 0.3 is 0 Å². The highest BCUT2D eigenvalue weighted by Gasteiger charge is 2.39. The van der Waals surface area contributed by atoms with Gasteiger partial charge < -0.3 is 9.30 Å². The van der Waals surface area contributed by atoms with Crippen LogP contribution >= 0.6 is 7.14 Å². The fourth-order valence-electron chi connectivity index (χ4n) is 3.15. The topological polar surface area (TPSA) is 26.3 Å². The number of benzene rings is 3. The van der Waals surface area contributed by atoms with Crippen LogP contribution in [0.2, 0.25) is 0 Å². The van der Waals surface area contributed by atoms with E-state index in [1.165, 1.54) is 0 Å². The molecule has 0 N–H and O–H groups in total. The van der Waals surface area contributed by atoms with Crippen molar-refractivity contribution in [3.05, 3.63) is 72.8 Å². The standard InChI is InChI=1S/C19H15O2P/c1-21-14-11-12-19-17(13-14)16-9-5-6-10-18(16)22(19,20)15-7-3-2-4-8-15/h2-13H,1H3. The number of methoxy groups -OCH3 is 1. The summed E-state index contributed by atoms with van der Waals surface area (Å²) in [4.78, 5) is 0. The van der Waals surface area contributed by atoms with Crippen molar-refractivity contribution >= 4 is 23.1 Å². The summed E-state index contributed by atoms with van der Waals surface area (Å²) in [5, 5.41) is 2.71. The van der Waals surface area contributed by atoms with E-state index in [9.17, 15) is 4.57 Å². The minimum absolute atomic E-state index is 0.787. The van der Waals surface area contributed by atoms with Gasteiger partial charge in [0.1, 0.15) is 5.75 Å². The van der Waals surface area contributed by atoms with E-state index >= 15 is 0 Å². The predicted octanol–water partition coefficient (Wildman–Crippen LogP) is 3.32. The first-order valence-electron chi connectivity index (χ1n) is 7.19. The van der Waals surface area contributed by atoms with Gasteiger partial charge in [0.05, 0.1) is 7.11 Å². The first-order chi connectivity index (χ1) is 10.7. The van der Waals surface area contributed by atoms with Gasteiger partial charge in [-0.05, 0) is 29.3 Å². The van der Waals surface area contributed by atoms with Gasteiger partial charge in [-0.1, -0.05) is 54.6 Å². The Bertz CT molecular complexity index is 900. The third kappa shape index (κ3) is 1.71. The Kier molecular flexibility index (Phi) is 2.95. The van der Waals surface area contributed by atoms with Crippen molar-refractivity contribution in [1.29, 1.82) is 0 Å². The summed E-state index contributed by atoms with van der Waals surface area (Å²) in [7, 11) is -1.14. The monoisotopic (exact) mass is 306 g/mol. The summed E-state index contributed by atoms with van der Waals surface area (Å²) in [5.74, 6) is 0.787. The molecule has 108 valence electrons. The lowest BCUT2D eigenvalue weighted by Gasteiger charge is -2.15. The van der Waals surface area contributed by atoms with Crippen molar-refractivity contribution < 1.29 is 9.30 Å². The maximum Gasteiger partial charge on any atom is 0.172 e. The Hall–Kier alpha value is -2.31. The van der Waals surface area contributed by atoms with Crippen molar-refractivity contribution in [2.75, 3.05) is 7.11 Å². The Morgan fingerprint density at radius 3 is 2.23 bits per heavy atom. The summed E-state index contributed by atoms with van der Waals surface area (Å²) in [6.45, 7) is 0. The van der Waals surface area contributed by atoms with Crippen LogP contribution in [0.1, 0.15) is 0 Å². The average Bonchev–Trinajstić information content (AvgIpc) is 2.86. The number of hydrogen-bond acceptors (Lipinski definition) is 2. The Morgan fingerprint density at radius 2 is 1.45 bits per heavy atom. The molecule has 2 nitrogen and oxygen atoms in total. The van der Waals surface area contributed by atoms with Crippen molar-refractivity contribution in [3.63, 3.8) is 0 Å². The molecule has 4 rings (SSSR count). The fourth-order valence-corrected chi connectivity index (χ4v) is 6.20. The number of ether oxygens (including phenoxy) is 1. The lowest BCUT2D eigenvalue weighted by Crippen LogP contribution is -2.20. The Balaban J connectivity index is 2.09. The lowest BCUT2D eigenvalue weighted by atomic mass is 10.1. The molecule has 3 aromatic rings.